The highest BCUT2D eigenvalue weighted by Gasteiger charge is 2.36. The second-order valence-corrected chi connectivity index (χ2v) is 10.2. The van der Waals surface area contributed by atoms with Crippen molar-refractivity contribution in [1.82, 2.24) is 25.5 Å². The molecule has 0 spiro atoms. The quantitative estimate of drug-likeness (QED) is 0.306. The van der Waals surface area contributed by atoms with Gasteiger partial charge < -0.3 is 9.73 Å². The SMILES string of the molecule is CCc1ccc(N(C(=O)Cn2nnc(-c3ccc(Cl)cc3)n2)C(C(=O)NC2CCCC2)c2ccc(C)o2)cc1. The summed E-state index contributed by atoms with van der Waals surface area (Å²) in [6.07, 6.45) is 4.85. The monoisotopic (exact) mass is 546 g/mol. The van der Waals surface area contributed by atoms with E-state index in [0.717, 1.165) is 43.2 Å². The van der Waals surface area contributed by atoms with Crippen molar-refractivity contribution in [3.05, 3.63) is 82.8 Å². The molecule has 1 aliphatic rings. The number of carbonyl (C=O) groups excluding carboxylic acids is 2. The minimum Gasteiger partial charge on any atom is -0.464 e. The summed E-state index contributed by atoms with van der Waals surface area (Å²) in [5.74, 6) is 0.764. The summed E-state index contributed by atoms with van der Waals surface area (Å²) in [5.41, 5.74) is 2.43. The molecule has 9 nitrogen and oxygen atoms in total. The number of nitrogens with one attached hydrogen (secondary N) is 1. The predicted octanol–water partition coefficient (Wildman–Crippen LogP) is 5.29. The van der Waals surface area contributed by atoms with Gasteiger partial charge >= 0.3 is 0 Å². The van der Waals surface area contributed by atoms with Crippen LogP contribution in [0.5, 0.6) is 0 Å². The van der Waals surface area contributed by atoms with Crippen LogP contribution in [-0.2, 0) is 22.6 Å². The Morgan fingerprint density at radius 3 is 2.44 bits per heavy atom. The van der Waals surface area contributed by atoms with Crippen LogP contribution in [0.25, 0.3) is 11.4 Å². The van der Waals surface area contributed by atoms with Crippen LogP contribution in [0.15, 0.2) is 65.1 Å². The van der Waals surface area contributed by atoms with E-state index in [0.29, 0.717) is 28.1 Å². The van der Waals surface area contributed by atoms with Crippen LogP contribution in [0, 0.1) is 6.92 Å². The third kappa shape index (κ3) is 6.20. The fourth-order valence-electron chi connectivity index (χ4n) is 4.88. The molecule has 1 aliphatic carbocycles. The summed E-state index contributed by atoms with van der Waals surface area (Å²) in [7, 11) is 0. The molecule has 202 valence electrons. The van der Waals surface area contributed by atoms with E-state index in [4.69, 9.17) is 16.0 Å². The third-order valence-electron chi connectivity index (χ3n) is 6.96. The van der Waals surface area contributed by atoms with Crippen molar-refractivity contribution in [1.29, 1.82) is 0 Å². The van der Waals surface area contributed by atoms with Gasteiger partial charge in [0, 0.05) is 22.3 Å². The van der Waals surface area contributed by atoms with Crippen molar-refractivity contribution in [3.63, 3.8) is 0 Å². The zero-order chi connectivity index (χ0) is 27.4. The number of aryl methyl sites for hydroxylation is 2. The van der Waals surface area contributed by atoms with Crippen molar-refractivity contribution in [3.8, 4) is 11.4 Å². The first-order valence-corrected chi connectivity index (χ1v) is 13.6. The molecule has 2 aromatic heterocycles. The fourth-order valence-corrected chi connectivity index (χ4v) is 5.00. The molecule has 2 aromatic carbocycles. The predicted molar refractivity (Wildman–Crippen MR) is 148 cm³/mol. The van der Waals surface area contributed by atoms with Gasteiger partial charge in [0.25, 0.3) is 11.8 Å². The molecule has 0 saturated heterocycles. The maximum Gasteiger partial charge on any atom is 0.251 e. The summed E-state index contributed by atoms with van der Waals surface area (Å²) in [4.78, 5) is 30.5. The van der Waals surface area contributed by atoms with Gasteiger partial charge in [-0.25, -0.2) is 0 Å². The van der Waals surface area contributed by atoms with Gasteiger partial charge in [0.05, 0.1) is 0 Å². The summed E-state index contributed by atoms with van der Waals surface area (Å²) in [6.45, 7) is 3.66. The topological polar surface area (TPSA) is 106 Å². The molecule has 1 atom stereocenters. The van der Waals surface area contributed by atoms with Gasteiger partial charge in [-0.15, -0.1) is 10.2 Å². The third-order valence-corrected chi connectivity index (χ3v) is 7.21. The maximum atomic E-state index is 14.0. The first-order valence-electron chi connectivity index (χ1n) is 13.2. The first kappa shape index (κ1) is 26.6. The molecule has 4 aromatic rings. The van der Waals surface area contributed by atoms with Gasteiger partial charge in [0.2, 0.25) is 5.82 Å². The number of carbonyl (C=O) groups is 2. The zero-order valence-corrected chi connectivity index (χ0v) is 22.8. The molecule has 1 unspecified atom stereocenters. The lowest BCUT2D eigenvalue weighted by atomic mass is 10.1. The summed E-state index contributed by atoms with van der Waals surface area (Å²) < 4.78 is 5.93. The van der Waals surface area contributed by atoms with Crippen molar-refractivity contribution in [2.24, 2.45) is 0 Å². The van der Waals surface area contributed by atoms with Gasteiger partial charge in [-0.05, 0) is 85.5 Å². The number of amides is 2. The van der Waals surface area contributed by atoms with Gasteiger partial charge in [0.1, 0.15) is 18.1 Å². The zero-order valence-electron chi connectivity index (χ0n) is 22.0. The number of nitrogens with zero attached hydrogens (tertiary/aromatic N) is 5. The van der Waals surface area contributed by atoms with E-state index in [1.807, 2.05) is 31.2 Å². The number of aromatic nitrogens is 4. The molecular weight excluding hydrogens is 516 g/mol. The minimum atomic E-state index is -1.00. The number of furan rings is 1. The van der Waals surface area contributed by atoms with Gasteiger partial charge in [0.15, 0.2) is 6.04 Å². The largest absolute Gasteiger partial charge is 0.464 e. The Morgan fingerprint density at radius 2 is 1.79 bits per heavy atom. The Morgan fingerprint density at radius 1 is 1.08 bits per heavy atom. The van der Waals surface area contributed by atoms with E-state index in [9.17, 15) is 9.59 Å². The standard InChI is InChI=1S/C29H31ClN6O3/c1-3-20-9-15-24(16-10-20)36(26(37)18-35-33-28(32-34-35)21-11-13-22(30)14-12-21)27(25-17-8-19(2)39-25)29(38)31-23-6-4-5-7-23/h8-17,23,27H,3-7,18H2,1-2H3,(H,31,38). The summed E-state index contributed by atoms with van der Waals surface area (Å²) in [5, 5.41) is 16.3. The van der Waals surface area contributed by atoms with E-state index in [1.54, 1.807) is 36.4 Å². The molecule has 2 amide bonds. The molecule has 1 N–H and O–H groups in total. The molecule has 1 saturated carbocycles. The van der Waals surface area contributed by atoms with Crippen LogP contribution in [0.3, 0.4) is 0 Å². The summed E-state index contributed by atoms with van der Waals surface area (Å²) >= 11 is 5.99. The highest BCUT2D eigenvalue weighted by Crippen LogP contribution is 2.31. The Hall–Kier alpha value is -3.98. The van der Waals surface area contributed by atoms with Crippen LogP contribution >= 0.6 is 11.6 Å². The van der Waals surface area contributed by atoms with Crippen molar-refractivity contribution >= 4 is 29.1 Å². The Labute approximate surface area is 232 Å². The second kappa shape index (κ2) is 11.8. The average Bonchev–Trinajstić information content (AvgIpc) is 3.71. The van der Waals surface area contributed by atoms with Crippen LogP contribution in [0.4, 0.5) is 5.69 Å². The maximum absolute atomic E-state index is 14.0. The Bertz CT molecular complexity index is 1420. The van der Waals surface area contributed by atoms with E-state index >= 15 is 0 Å². The van der Waals surface area contributed by atoms with E-state index in [-0.39, 0.29) is 24.4 Å². The van der Waals surface area contributed by atoms with Gasteiger partial charge in [-0.2, -0.15) is 4.80 Å². The number of hydrogen-bond donors (Lipinski definition) is 1. The van der Waals surface area contributed by atoms with Crippen LogP contribution in [-0.4, -0.2) is 38.1 Å². The van der Waals surface area contributed by atoms with Gasteiger partial charge in [-0.3, -0.25) is 14.5 Å². The van der Waals surface area contributed by atoms with Crippen LogP contribution < -0.4 is 10.2 Å². The average molecular weight is 547 g/mol. The number of benzene rings is 2. The molecular formula is C29H31ClN6O3. The van der Waals surface area contributed by atoms with Crippen molar-refractivity contribution in [2.75, 3.05) is 4.90 Å². The molecule has 2 heterocycles. The minimum absolute atomic E-state index is 0.0781. The number of rotatable bonds is 9. The summed E-state index contributed by atoms with van der Waals surface area (Å²) in [6, 6.07) is 17.3. The molecule has 0 radical (unpaired) electrons. The lowest BCUT2D eigenvalue weighted by Crippen LogP contribution is -2.47. The molecule has 5 rings (SSSR count). The number of tetrazole rings is 1. The normalized spacial score (nSPS) is 14.3. The lowest BCUT2D eigenvalue weighted by Gasteiger charge is -2.30. The lowest BCUT2D eigenvalue weighted by molar-refractivity contribution is -0.128. The van der Waals surface area contributed by atoms with Crippen molar-refractivity contribution < 1.29 is 14.0 Å². The smallest absolute Gasteiger partial charge is 0.251 e. The van der Waals surface area contributed by atoms with Crippen LogP contribution in [0.2, 0.25) is 5.02 Å². The molecule has 0 aliphatic heterocycles. The number of anilines is 1. The second-order valence-electron chi connectivity index (χ2n) is 9.78. The van der Waals surface area contributed by atoms with Crippen LogP contribution in [0.1, 0.15) is 55.7 Å². The van der Waals surface area contributed by atoms with E-state index < -0.39 is 6.04 Å². The molecule has 0 bridgehead atoms. The first-order chi connectivity index (χ1) is 18.9. The Balaban J connectivity index is 1.49. The molecule has 10 heteroatoms. The van der Waals surface area contributed by atoms with E-state index in [1.165, 1.54) is 9.70 Å². The van der Waals surface area contributed by atoms with Gasteiger partial charge in [-0.1, -0.05) is 43.5 Å². The fraction of sp³-hybridized carbons (Fsp3) is 0.345. The molecule has 39 heavy (non-hydrogen) atoms. The highest BCUT2D eigenvalue weighted by atomic mass is 35.5. The number of hydrogen-bond acceptors (Lipinski definition) is 6. The highest BCUT2D eigenvalue weighted by molar-refractivity contribution is 6.30. The molecule has 1 fully saturated rings. The van der Waals surface area contributed by atoms with E-state index in [2.05, 4.69) is 27.7 Å². The Kier molecular flexibility index (Phi) is 8.07. The van der Waals surface area contributed by atoms with Crippen molar-refractivity contribution in [2.45, 2.75) is 64.6 Å². The number of halogens is 1.